The molecule has 0 fully saturated rings. The summed E-state index contributed by atoms with van der Waals surface area (Å²) in [4.78, 5) is 38.2. The second-order valence-electron chi connectivity index (χ2n) is 22.4. The molecule has 0 aliphatic heterocycles. The Morgan fingerprint density at radius 3 is 0.873 bits per heavy atom. The Bertz CT molecular complexity index is 1540. The fourth-order valence-electron chi connectivity index (χ4n) is 9.55. The largest absolute Gasteiger partial charge is 0.462 e. The summed E-state index contributed by atoms with van der Waals surface area (Å²) in [6.07, 6.45) is 90.4. The quantitative estimate of drug-likeness (QED) is 0.0261. The van der Waals surface area contributed by atoms with E-state index >= 15 is 0 Å². The molecule has 0 spiro atoms. The van der Waals surface area contributed by atoms with Crippen molar-refractivity contribution < 1.29 is 28.6 Å². The third-order valence-electron chi connectivity index (χ3n) is 14.6. The summed E-state index contributed by atoms with van der Waals surface area (Å²) < 4.78 is 16.8. The van der Waals surface area contributed by atoms with E-state index < -0.39 is 12.1 Å². The molecule has 0 aromatic carbocycles. The molecule has 6 heteroatoms. The van der Waals surface area contributed by atoms with Gasteiger partial charge in [0.1, 0.15) is 13.2 Å². The van der Waals surface area contributed by atoms with Gasteiger partial charge in [-0.1, -0.05) is 304 Å². The maximum absolute atomic E-state index is 12.8. The Morgan fingerprint density at radius 2 is 0.532 bits per heavy atom. The second kappa shape index (κ2) is 66.8. The third kappa shape index (κ3) is 65.0. The first kappa shape index (κ1) is 75.3. The van der Waals surface area contributed by atoms with E-state index in [4.69, 9.17) is 14.2 Å². The Morgan fingerprint density at radius 1 is 0.278 bits per heavy atom. The van der Waals surface area contributed by atoms with Crippen LogP contribution in [0.25, 0.3) is 0 Å². The maximum atomic E-state index is 12.8. The van der Waals surface area contributed by atoms with Gasteiger partial charge < -0.3 is 14.2 Å². The average Bonchev–Trinajstić information content (AvgIpc) is 3.45. The normalized spacial score (nSPS) is 12.7. The Balaban J connectivity index is 4.24. The van der Waals surface area contributed by atoms with Gasteiger partial charge in [0.2, 0.25) is 0 Å². The van der Waals surface area contributed by atoms with Gasteiger partial charge in [-0.3, -0.25) is 14.4 Å². The molecule has 79 heavy (non-hydrogen) atoms. The first-order chi connectivity index (χ1) is 39.0. The standard InChI is InChI=1S/C73H126O6/c1-4-7-10-13-16-19-22-25-28-29-30-31-32-33-34-35-36-37-38-39-40-41-42-43-46-48-51-54-57-60-63-66-72(75)78-69-70(79-73(76)67-64-61-58-55-52-49-45-27-24-21-18-15-12-9-6-3)68-77-71(74)65-62-59-56-53-50-47-44-26-23-20-17-14-11-8-5-2/h9,12,17-18,20-21,26-27,29-30,44-45,52,55,61,64,70H,4-8,10-11,13-16,19,22-25,28,31-43,46-51,53-54,56-60,62-63,65-69H2,1-3H3/b12-9-,20-17-,21-18-,30-29-,44-26-,45-27-,55-52-,64-61-. The zero-order valence-corrected chi connectivity index (χ0v) is 52.1. The fourth-order valence-corrected chi connectivity index (χ4v) is 9.55. The summed E-state index contributed by atoms with van der Waals surface area (Å²) in [7, 11) is 0. The van der Waals surface area contributed by atoms with Crippen molar-refractivity contribution in [1.82, 2.24) is 0 Å². The molecule has 1 atom stereocenters. The van der Waals surface area contributed by atoms with Gasteiger partial charge in [0.15, 0.2) is 6.10 Å². The van der Waals surface area contributed by atoms with Crippen LogP contribution in [-0.2, 0) is 28.6 Å². The molecule has 0 amide bonds. The van der Waals surface area contributed by atoms with E-state index in [1.165, 1.54) is 193 Å². The molecule has 0 aliphatic rings. The molecule has 0 radical (unpaired) electrons. The lowest BCUT2D eigenvalue weighted by molar-refractivity contribution is -0.166. The number of ether oxygens (including phenoxy) is 3. The highest BCUT2D eigenvalue weighted by Gasteiger charge is 2.19. The molecule has 0 saturated heterocycles. The highest BCUT2D eigenvalue weighted by atomic mass is 16.6. The number of carbonyl (C=O) groups excluding carboxylic acids is 3. The van der Waals surface area contributed by atoms with Gasteiger partial charge in [0.05, 0.1) is 6.42 Å². The van der Waals surface area contributed by atoms with E-state index in [1.807, 2.05) is 6.08 Å². The third-order valence-corrected chi connectivity index (χ3v) is 14.6. The van der Waals surface area contributed by atoms with Crippen molar-refractivity contribution in [1.29, 1.82) is 0 Å². The molecule has 454 valence electrons. The topological polar surface area (TPSA) is 78.9 Å². The SMILES string of the molecule is CC/C=C\C/C=C\C/C=C\C/C=C\C/C=C\CC(=O)OC(COC(=O)CCCCCCC/C=C\C/C=C\CCCCC)COC(=O)CCCCCCCCCCCCCCCCCCCCC/C=C\CCCCCCCCCC. The summed E-state index contributed by atoms with van der Waals surface area (Å²) >= 11 is 0. The summed E-state index contributed by atoms with van der Waals surface area (Å²) in [5.41, 5.74) is 0. The van der Waals surface area contributed by atoms with Crippen molar-refractivity contribution in [2.75, 3.05) is 13.2 Å². The van der Waals surface area contributed by atoms with Crippen LogP contribution >= 0.6 is 0 Å². The van der Waals surface area contributed by atoms with E-state index in [0.717, 1.165) is 96.3 Å². The molecule has 1 unspecified atom stereocenters. The van der Waals surface area contributed by atoms with Gasteiger partial charge in [-0.25, -0.2) is 0 Å². The summed E-state index contributed by atoms with van der Waals surface area (Å²) in [5, 5.41) is 0. The van der Waals surface area contributed by atoms with Gasteiger partial charge in [0.25, 0.3) is 0 Å². The molecule has 0 aromatic heterocycles. The first-order valence-electron chi connectivity index (χ1n) is 33.7. The van der Waals surface area contributed by atoms with Gasteiger partial charge in [-0.2, -0.15) is 0 Å². The van der Waals surface area contributed by atoms with E-state index in [0.29, 0.717) is 12.8 Å². The molecular weight excluding hydrogens is 973 g/mol. The predicted octanol–water partition coefficient (Wildman–Crippen LogP) is 23.2. The number of rotatable bonds is 61. The number of unbranched alkanes of at least 4 members (excludes halogenated alkanes) is 35. The molecule has 0 bridgehead atoms. The van der Waals surface area contributed by atoms with Crippen molar-refractivity contribution in [2.45, 2.75) is 335 Å². The van der Waals surface area contributed by atoms with Crippen LogP contribution in [0.4, 0.5) is 0 Å². The van der Waals surface area contributed by atoms with E-state index in [2.05, 4.69) is 106 Å². The van der Waals surface area contributed by atoms with Crippen molar-refractivity contribution in [3.8, 4) is 0 Å². The predicted molar refractivity (Wildman–Crippen MR) is 344 cm³/mol. The highest BCUT2D eigenvalue weighted by Crippen LogP contribution is 2.17. The molecule has 0 aliphatic carbocycles. The van der Waals surface area contributed by atoms with Gasteiger partial charge in [-0.05, 0) is 103 Å². The number of hydrogen-bond donors (Lipinski definition) is 0. The lowest BCUT2D eigenvalue weighted by Gasteiger charge is -2.18. The van der Waals surface area contributed by atoms with Gasteiger partial charge >= 0.3 is 17.9 Å². The zero-order chi connectivity index (χ0) is 57.1. The summed E-state index contributed by atoms with van der Waals surface area (Å²) in [6, 6.07) is 0. The Hall–Kier alpha value is -3.67. The van der Waals surface area contributed by atoms with Crippen LogP contribution in [-0.4, -0.2) is 37.2 Å². The minimum Gasteiger partial charge on any atom is -0.462 e. The van der Waals surface area contributed by atoms with E-state index in [1.54, 1.807) is 6.08 Å². The second-order valence-corrected chi connectivity index (χ2v) is 22.4. The van der Waals surface area contributed by atoms with Crippen LogP contribution in [0.2, 0.25) is 0 Å². The van der Waals surface area contributed by atoms with Crippen LogP contribution in [0.5, 0.6) is 0 Å². The van der Waals surface area contributed by atoms with Crippen molar-refractivity contribution in [3.63, 3.8) is 0 Å². The molecule has 0 saturated carbocycles. The number of hydrogen-bond acceptors (Lipinski definition) is 6. The smallest absolute Gasteiger partial charge is 0.310 e. The van der Waals surface area contributed by atoms with Crippen molar-refractivity contribution >= 4 is 17.9 Å². The van der Waals surface area contributed by atoms with Gasteiger partial charge in [0, 0.05) is 12.8 Å². The number of carbonyl (C=O) groups is 3. The van der Waals surface area contributed by atoms with Crippen LogP contribution in [0.3, 0.4) is 0 Å². The summed E-state index contributed by atoms with van der Waals surface area (Å²) in [6.45, 7) is 6.43. The number of allylic oxidation sites excluding steroid dienone is 15. The minimum absolute atomic E-state index is 0.0937. The molecule has 0 N–H and O–H groups in total. The lowest BCUT2D eigenvalue weighted by atomic mass is 10.0. The Kier molecular flexibility index (Phi) is 63.7. The number of esters is 3. The minimum atomic E-state index is -0.838. The molecular formula is C73H126O6. The summed E-state index contributed by atoms with van der Waals surface area (Å²) in [5.74, 6) is -1.05. The van der Waals surface area contributed by atoms with E-state index in [-0.39, 0.29) is 31.6 Å². The molecule has 0 rings (SSSR count). The van der Waals surface area contributed by atoms with Crippen molar-refractivity contribution in [3.05, 3.63) is 97.2 Å². The van der Waals surface area contributed by atoms with Crippen LogP contribution in [0.15, 0.2) is 97.2 Å². The van der Waals surface area contributed by atoms with Crippen LogP contribution in [0.1, 0.15) is 329 Å². The lowest BCUT2D eigenvalue weighted by Crippen LogP contribution is -2.30. The molecule has 0 heterocycles. The van der Waals surface area contributed by atoms with E-state index in [9.17, 15) is 14.4 Å². The zero-order valence-electron chi connectivity index (χ0n) is 52.1. The molecule has 0 aromatic rings. The highest BCUT2D eigenvalue weighted by molar-refractivity contribution is 5.72. The van der Waals surface area contributed by atoms with Crippen molar-refractivity contribution in [2.24, 2.45) is 0 Å². The molecule has 6 nitrogen and oxygen atoms in total. The monoisotopic (exact) mass is 1100 g/mol. The first-order valence-corrected chi connectivity index (χ1v) is 33.7. The van der Waals surface area contributed by atoms with Crippen LogP contribution in [0, 0.1) is 0 Å². The maximum Gasteiger partial charge on any atom is 0.310 e. The fraction of sp³-hybridized carbons (Fsp3) is 0.740. The van der Waals surface area contributed by atoms with Crippen LogP contribution < -0.4 is 0 Å². The van der Waals surface area contributed by atoms with Gasteiger partial charge in [-0.15, -0.1) is 0 Å². The average molecular weight is 1100 g/mol. The Labute approximate surface area is 489 Å².